The van der Waals surface area contributed by atoms with Crippen molar-refractivity contribution < 1.29 is 9.47 Å². The molecule has 0 spiro atoms. The summed E-state index contributed by atoms with van der Waals surface area (Å²) in [6.07, 6.45) is 10.2. The standard InChI is InChI=1S/C18H32O2S/c1-4-5-10-20-13-6-7-14-15-8-9-16(19-3)12(2)18(15)21-17(14)11-13/h12-18H,4-11H2,1-3H3. The van der Waals surface area contributed by atoms with E-state index in [1.807, 2.05) is 7.11 Å². The summed E-state index contributed by atoms with van der Waals surface area (Å²) in [4.78, 5) is 0. The summed E-state index contributed by atoms with van der Waals surface area (Å²) >= 11 is 2.29. The molecule has 2 nitrogen and oxygen atoms in total. The molecule has 122 valence electrons. The Morgan fingerprint density at radius 2 is 1.90 bits per heavy atom. The quantitative estimate of drug-likeness (QED) is 0.696. The van der Waals surface area contributed by atoms with Crippen LogP contribution in [-0.4, -0.2) is 36.4 Å². The first kappa shape index (κ1) is 16.1. The highest BCUT2D eigenvalue weighted by atomic mass is 32.2. The van der Waals surface area contributed by atoms with Gasteiger partial charge in [-0.05, 0) is 56.3 Å². The van der Waals surface area contributed by atoms with Crippen LogP contribution < -0.4 is 0 Å². The third-order valence-electron chi connectivity index (χ3n) is 6.14. The molecule has 3 fully saturated rings. The molecule has 0 aromatic rings. The number of methoxy groups -OCH3 is 1. The minimum Gasteiger partial charge on any atom is -0.381 e. The van der Waals surface area contributed by atoms with E-state index in [0.717, 1.165) is 34.9 Å². The van der Waals surface area contributed by atoms with Crippen LogP contribution in [-0.2, 0) is 9.47 Å². The molecule has 3 rings (SSSR count). The molecule has 7 atom stereocenters. The van der Waals surface area contributed by atoms with Crippen LogP contribution in [0.5, 0.6) is 0 Å². The van der Waals surface area contributed by atoms with Crippen molar-refractivity contribution in [2.75, 3.05) is 13.7 Å². The Hall–Kier alpha value is 0.270. The van der Waals surface area contributed by atoms with Crippen molar-refractivity contribution in [2.45, 2.75) is 81.5 Å². The van der Waals surface area contributed by atoms with Gasteiger partial charge < -0.3 is 9.47 Å². The zero-order valence-electron chi connectivity index (χ0n) is 13.9. The van der Waals surface area contributed by atoms with Gasteiger partial charge in [-0.25, -0.2) is 0 Å². The van der Waals surface area contributed by atoms with E-state index in [-0.39, 0.29) is 0 Å². The second-order valence-corrected chi connectivity index (χ2v) is 8.76. The average Bonchev–Trinajstić information content (AvgIpc) is 2.87. The van der Waals surface area contributed by atoms with E-state index >= 15 is 0 Å². The van der Waals surface area contributed by atoms with E-state index in [1.54, 1.807) is 0 Å². The van der Waals surface area contributed by atoms with Gasteiger partial charge in [0, 0.05) is 24.2 Å². The normalized spacial score (nSPS) is 46.1. The van der Waals surface area contributed by atoms with Crippen LogP contribution in [0.4, 0.5) is 0 Å². The molecule has 1 heterocycles. The summed E-state index contributed by atoms with van der Waals surface area (Å²) in [7, 11) is 1.89. The Bertz CT molecular complexity index is 335. The molecule has 1 aliphatic heterocycles. The number of thioether (sulfide) groups is 1. The zero-order chi connectivity index (χ0) is 14.8. The van der Waals surface area contributed by atoms with Crippen molar-refractivity contribution in [3.05, 3.63) is 0 Å². The number of rotatable bonds is 5. The third kappa shape index (κ3) is 3.30. The molecule has 3 heteroatoms. The second kappa shape index (κ2) is 7.23. The lowest BCUT2D eigenvalue weighted by Crippen LogP contribution is -2.40. The summed E-state index contributed by atoms with van der Waals surface area (Å²) in [6.45, 7) is 5.63. The van der Waals surface area contributed by atoms with Gasteiger partial charge in [-0.15, -0.1) is 0 Å². The topological polar surface area (TPSA) is 18.5 Å². The highest BCUT2D eigenvalue weighted by Gasteiger charge is 2.51. The Labute approximate surface area is 134 Å². The molecule has 0 aromatic carbocycles. The van der Waals surface area contributed by atoms with Crippen LogP contribution in [0.3, 0.4) is 0 Å². The number of hydrogen-bond acceptors (Lipinski definition) is 3. The minimum atomic E-state index is 0.496. The molecular formula is C18H32O2S. The van der Waals surface area contributed by atoms with Crippen molar-refractivity contribution in [2.24, 2.45) is 17.8 Å². The van der Waals surface area contributed by atoms with Crippen molar-refractivity contribution in [3.8, 4) is 0 Å². The maximum atomic E-state index is 6.12. The average molecular weight is 313 g/mol. The lowest BCUT2D eigenvalue weighted by molar-refractivity contribution is -0.00545. The molecule has 0 N–H and O–H groups in total. The number of fused-ring (bicyclic) bond motifs is 3. The molecule has 2 saturated carbocycles. The first-order chi connectivity index (χ1) is 10.2. The monoisotopic (exact) mass is 312 g/mol. The fourth-order valence-corrected chi connectivity index (χ4v) is 7.14. The molecule has 0 bridgehead atoms. The Balaban J connectivity index is 1.57. The van der Waals surface area contributed by atoms with Gasteiger partial charge >= 0.3 is 0 Å². The van der Waals surface area contributed by atoms with Gasteiger partial charge in [0.15, 0.2) is 0 Å². The van der Waals surface area contributed by atoms with Gasteiger partial charge in [0.1, 0.15) is 0 Å². The Morgan fingerprint density at radius 3 is 2.67 bits per heavy atom. The van der Waals surface area contributed by atoms with Crippen LogP contribution in [0.2, 0.25) is 0 Å². The molecule has 1 saturated heterocycles. The van der Waals surface area contributed by atoms with Gasteiger partial charge in [-0.3, -0.25) is 0 Å². The molecule has 21 heavy (non-hydrogen) atoms. The van der Waals surface area contributed by atoms with E-state index in [9.17, 15) is 0 Å². The number of ether oxygens (including phenoxy) is 2. The first-order valence-corrected chi connectivity index (χ1v) is 9.98. The molecule has 0 amide bonds. The van der Waals surface area contributed by atoms with Gasteiger partial charge in [-0.2, -0.15) is 11.8 Å². The van der Waals surface area contributed by atoms with Crippen molar-refractivity contribution in [3.63, 3.8) is 0 Å². The van der Waals surface area contributed by atoms with E-state index < -0.39 is 0 Å². The fourth-order valence-electron chi connectivity index (χ4n) is 4.91. The van der Waals surface area contributed by atoms with Crippen molar-refractivity contribution in [1.82, 2.24) is 0 Å². The van der Waals surface area contributed by atoms with Crippen molar-refractivity contribution in [1.29, 1.82) is 0 Å². The first-order valence-electron chi connectivity index (χ1n) is 9.04. The molecule has 0 aromatic heterocycles. The van der Waals surface area contributed by atoms with Crippen LogP contribution in [0.25, 0.3) is 0 Å². The largest absolute Gasteiger partial charge is 0.381 e. The van der Waals surface area contributed by atoms with Crippen LogP contribution >= 0.6 is 11.8 Å². The number of unbranched alkanes of at least 4 members (excludes halogenated alkanes) is 1. The Morgan fingerprint density at radius 1 is 1.10 bits per heavy atom. The fraction of sp³-hybridized carbons (Fsp3) is 1.00. The highest BCUT2D eigenvalue weighted by Crippen LogP contribution is 2.56. The zero-order valence-corrected chi connectivity index (χ0v) is 14.7. The summed E-state index contributed by atoms with van der Waals surface area (Å²) in [5, 5.41) is 1.70. The maximum Gasteiger partial charge on any atom is 0.0607 e. The SMILES string of the molecule is CCCCOC1CCC2C(C1)SC1C(C)C(OC)CCC21. The number of hydrogen-bond donors (Lipinski definition) is 0. The molecule has 2 aliphatic carbocycles. The minimum absolute atomic E-state index is 0.496. The lowest BCUT2D eigenvalue weighted by Gasteiger charge is -2.39. The summed E-state index contributed by atoms with van der Waals surface area (Å²) in [5.41, 5.74) is 0. The van der Waals surface area contributed by atoms with Gasteiger partial charge in [0.2, 0.25) is 0 Å². The van der Waals surface area contributed by atoms with Gasteiger partial charge in [-0.1, -0.05) is 20.3 Å². The molecular weight excluding hydrogens is 280 g/mol. The lowest BCUT2D eigenvalue weighted by atomic mass is 9.69. The van der Waals surface area contributed by atoms with Crippen LogP contribution in [0, 0.1) is 17.8 Å². The van der Waals surface area contributed by atoms with E-state index in [4.69, 9.17) is 9.47 Å². The predicted molar refractivity (Wildman–Crippen MR) is 89.8 cm³/mol. The van der Waals surface area contributed by atoms with Gasteiger partial charge in [0.25, 0.3) is 0 Å². The van der Waals surface area contributed by atoms with Crippen LogP contribution in [0.15, 0.2) is 0 Å². The maximum absolute atomic E-state index is 6.12. The van der Waals surface area contributed by atoms with Crippen molar-refractivity contribution >= 4 is 11.8 Å². The second-order valence-electron chi connectivity index (χ2n) is 7.34. The summed E-state index contributed by atoms with van der Waals surface area (Å²) in [6, 6.07) is 0. The van der Waals surface area contributed by atoms with Gasteiger partial charge in [0.05, 0.1) is 12.2 Å². The molecule has 0 radical (unpaired) electrons. The third-order valence-corrected chi connectivity index (χ3v) is 8.13. The molecule has 7 unspecified atom stereocenters. The summed E-state index contributed by atoms with van der Waals surface area (Å²) < 4.78 is 11.8. The highest BCUT2D eigenvalue weighted by molar-refractivity contribution is 8.00. The van der Waals surface area contributed by atoms with E-state index in [0.29, 0.717) is 12.2 Å². The Kier molecular flexibility index (Phi) is 5.55. The van der Waals surface area contributed by atoms with Crippen LogP contribution in [0.1, 0.15) is 58.8 Å². The van der Waals surface area contributed by atoms with E-state index in [2.05, 4.69) is 25.6 Å². The summed E-state index contributed by atoms with van der Waals surface area (Å²) in [5.74, 6) is 2.65. The molecule has 3 aliphatic rings. The predicted octanol–water partition coefficient (Wildman–Crippen LogP) is 4.52. The smallest absolute Gasteiger partial charge is 0.0607 e. The van der Waals surface area contributed by atoms with E-state index in [1.165, 1.54) is 44.9 Å².